The van der Waals surface area contributed by atoms with Crippen LogP contribution < -0.4 is 15.2 Å². The van der Waals surface area contributed by atoms with E-state index < -0.39 is 7.92 Å². The van der Waals surface area contributed by atoms with Crippen molar-refractivity contribution in [2.75, 3.05) is 0 Å². The monoisotopic (exact) mass is 269 g/mol. The Morgan fingerprint density at radius 2 is 1.33 bits per heavy atom. The molecular formula is C15H12NPS. The van der Waals surface area contributed by atoms with E-state index in [0.29, 0.717) is 0 Å². The van der Waals surface area contributed by atoms with Gasteiger partial charge in [-0.05, 0) is 18.5 Å². The van der Waals surface area contributed by atoms with Crippen LogP contribution in [-0.2, 0) is 0 Å². The molecule has 0 amide bonds. The Hall–Kier alpha value is -1.50. The first-order valence-electron chi connectivity index (χ1n) is 5.74. The molecule has 1 nitrogen and oxygen atoms in total. The molecule has 0 unspecified atom stereocenters. The van der Waals surface area contributed by atoms with Gasteiger partial charge in [0.15, 0.2) is 0 Å². The molecule has 88 valence electrons. The molecule has 3 rings (SSSR count). The van der Waals surface area contributed by atoms with Crippen molar-refractivity contribution in [1.29, 1.82) is 0 Å². The van der Waals surface area contributed by atoms with Crippen molar-refractivity contribution in [3.05, 3.63) is 72.4 Å². The molecule has 0 atom stereocenters. The van der Waals surface area contributed by atoms with Gasteiger partial charge < -0.3 is 0 Å². The van der Waals surface area contributed by atoms with E-state index in [-0.39, 0.29) is 0 Å². The van der Waals surface area contributed by atoms with Crippen molar-refractivity contribution < 1.29 is 0 Å². The van der Waals surface area contributed by atoms with Crippen LogP contribution in [0.5, 0.6) is 0 Å². The van der Waals surface area contributed by atoms with Gasteiger partial charge in [-0.25, -0.2) is 0 Å². The van der Waals surface area contributed by atoms with Gasteiger partial charge in [0, 0.05) is 6.20 Å². The van der Waals surface area contributed by atoms with E-state index >= 15 is 0 Å². The second-order valence-electron chi connectivity index (χ2n) is 3.85. The van der Waals surface area contributed by atoms with Crippen molar-refractivity contribution in [3.63, 3.8) is 0 Å². The van der Waals surface area contributed by atoms with Crippen LogP contribution in [0.3, 0.4) is 0 Å². The van der Waals surface area contributed by atoms with E-state index in [1.807, 2.05) is 11.7 Å². The highest BCUT2D eigenvalue weighted by molar-refractivity contribution is 7.83. The lowest BCUT2D eigenvalue weighted by molar-refractivity contribution is 1.44. The zero-order valence-electron chi connectivity index (χ0n) is 9.73. The second-order valence-corrected chi connectivity index (χ2v) is 7.22. The van der Waals surface area contributed by atoms with Gasteiger partial charge >= 0.3 is 0 Å². The maximum absolute atomic E-state index is 4.23. The van der Waals surface area contributed by atoms with Gasteiger partial charge in [0.25, 0.3) is 0 Å². The molecule has 0 aliphatic heterocycles. The molecule has 0 N–H and O–H groups in total. The lowest BCUT2D eigenvalue weighted by Crippen LogP contribution is -2.18. The first kappa shape index (κ1) is 11.6. The van der Waals surface area contributed by atoms with Gasteiger partial charge in [-0.1, -0.05) is 60.7 Å². The molecule has 18 heavy (non-hydrogen) atoms. The number of benzene rings is 2. The number of aromatic nitrogens is 1. The van der Waals surface area contributed by atoms with E-state index in [4.69, 9.17) is 0 Å². The maximum Gasteiger partial charge on any atom is 0.0798 e. The molecular weight excluding hydrogens is 257 g/mol. The number of hydrogen-bond acceptors (Lipinski definition) is 2. The summed E-state index contributed by atoms with van der Waals surface area (Å²) in [6.45, 7) is 0. The molecule has 0 saturated heterocycles. The van der Waals surface area contributed by atoms with Crippen LogP contribution in [0.15, 0.2) is 72.4 Å². The normalized spacial score (nSPS) is 10.7. The predicted octanol–water partition coefficient (Wildman–Crippen LogP) is 2.90. The van der Waals surface area contributed by atoms with Crippen LogP contribution in [0.4, 0.5) is 0 Å². The molecule has 0 fully saturated rings. The highest BCUT2D eigenvalue weighted by Crippen LogP contribution is 2.33. The van der Waals surface area contributed by atoms with Crippen LogP contribution in [-0.4, -0.2) is 4.98 Å². The Bertz CT molecular complexity index is 553. The highest BCUT2D eigenvalue weighted by Gasteiger charge is 2.16. The van der Waals surface area contributed by atoms with Crippen molar-refractivity contribution in [3.8, 4) is 0 Å². The highest BCUT2D eigenvalue weighted by atomic mass is 32.1. The molecule has 0 saturated carbocycles. The smallest absolute Gasteiger partial charge is 0.0798 e. The summed E-state index contributed by atoms with van der Waals surface area (Å²) in [6, 6.07) is 21.4. The average molecular weight is 269 g/mol. The summed E-state index contributed by atoms with van der Waals surface area (Å²) in [5.74, 6) is 0. The van der Waals surface area contributed by atoms with Crippen LogP contribution in [0.25, 0.3) is 0 Å². The third kappa shape index (κ3) is 2.35. The van der Waals surface area contributed by atoms with Crippen molar-refractivity contribution in [1.82, 2.24) is 4.98 Å². The molecule has 2 aromatic carbocycles. The third-order valence-electron chi connectivity index (χ3n) is 2.67. The van der Waals surface area contributed by atoms with Crippen LogP contribution in [0, 0.1) is 0 Å². The summed E-state index contributed by atoms with van der Waals surface area (Å²) in [4.78, 5) is 4.23. The van der Waals surface area contributed by atoms with E-state index in [9.17, 15) is 0 Å². The largest absolute Gasteiger partial charge is 0.252 e. The summed E-state index contributed by atoms with van der Waals surface area (Å²) in [6.07, 6.45) is 2.00. The SMILES string of the molecule is c1ccc(P(c2ccccc2)c2cncs2)cc1. The van der Waals surface area contributed by atoms with Crippen molar-refractivity contribution in [2.24, 2.45) is 0 Å². The Morgan fingerprint density at radius 1 is 0.778 bits per heavy atom. The number of nitrogens with zero attached hydrogens (tertiary/aromatic N) is 1. The number of thiazole rings is 1. The molecule has 0 bridgehead atoms. The Labute approximate surface area is 112 Å². The predicted molar refractivity (Wildman–Crippen MR) is 80.8 cm³/mol. The maximum atomic E-state index is 4.23. The minimum absolute atomic E-state index is 0.453. The van der Waals surface area contributed by atoms with Gasteiger partial charge in [0.1, 0.15) is 0 Å². The molecule has 3 aromatic rings. The minimum atomic E-state index is -0.453. The Balaban J connectivity index is 2.11. The molecule has 0 aliphatic rings. The number of rotatable bonds is 3. The summed E-state index contributed by atoms with van der Waals surface area (Å²) in [7, 11) is -0.453. The zero-order chi connectivity index (χ0) is 12.2. The Kier molecular flexibility index (Phi) is 3.49. The van der Waals surface area contributed by atoms with E-state index in [0.717, 1.165) is 0 Å². The van der Waals surface area contributed by atoms with Crippen molar-refractivity contribution in [2.45, 2.75) is 0 Å². The van der Waals surface area contributed by atoms with Gasteiger partial charge in [-0.15, -0.1) is 11.3 Å². The summed E-state index contributed by atoms with van der Waals surface area (Å²) < 4.78 is 1.35. The lowest BCUT2D eigenvalue weighted by Gasteiger charge is -2.16. The average Bonchev–Trinajstić information content (AvgIpc) is 2.95. The fourth-order valence-electron chi connectivity index (χ4n) is 1.88. The standard InChI is InChI=1S/C15H12NPS/c1-3-7-13(8-4-1)17(15-11-16-12-18-15)14-9-5-2-6-10-14/h1-12H. The molecule has 0 aliphatic carbocycles. The summed E-state index contributed by atoms with van der Waals surface area (Å²) in [5.41, 5.74) is 1.91. The quantitative estimate of drug-likeness (QED) is 0.666. The second kappa shape index (κ2) is 5.43. The third-order valence-corrected chi connectivity index (χ3v) is 6.29. The topological polar surface area (TPSA) is 12.9 Å². The summed E-state index contributed by atoms with van der Waals surface area (Å²) in [5, 5.41) is 2.76. The first-order chi connectivity index (χ1) is 8.95. The minimum Gasteiger partial charge on any atom is -0.252 e. The fourth-order valence-corrected chi connectivity index (χ4v) is 5.35. The van der Waals surface area contributed by atoms with Gasteiger partial charge in [-0.2, -0.15) is 0 Å². The van der Waals surface area contributed by atoms with Crippen molar-refractivity contribution >= 4 is 34.5 Å². The van der Waals surface area contributed by atoms with E-state index in [1.54, 1.807) is 11.3 Å². The van der Waals surface area contributed by atoms with Crippen LogP contribution in [0.1, 0.15) is 0 Å². The molecule has 3 heteroatoms. The molecule has 0 radical (unpaired) electrons. The molecule has 1 heterocycles. The lowest BCUT2D eigenvalue weighted by atomic mass is 10.4. The Morgan fingerprint density at radius 3 is 1.78 bits per heavy atom. The van der Waals surface area contributed by atoms with Crippen LogP contribution in [0.2, 0.25) is 0 Å². The molecule has 0 spiro atoms. The van der Waals surface area contributed by atoms with E-state index in [2.05, 4.69) is 65.6 Å². The summed E-state index contributed by atoms with van der Waals surface area (Å²) >= 11 is 1.74. The van der Waals surface area contributed by atoms with Crippen LogP contribution >= 0.6 is 19.3 Å². The zero-order valence-corrected chi connectivity index (χ0v) is 11.4. The van der Waals surface area contributed by atoms with Gasteiger partial charge in [0.05, 0.1) is 10.1 Å². The van der Waals surface area contributed by atoms with Gasteiger partial charge in [-0.3, -0.25) is 4.98 Å². The first-order valence-corrected chi connectivity index (χ1v) is 7.96. The van der Waals surface area contributed by atoms with Gasteiger partial charge in [0.2, 0.25) is 0 Å². The number of hydrogen-bond donors (Lipinski definition) is 0. The fraction of sp³-hybridized carbons (Fsp3) is 0. The van der Waals surface area contributed by atoms with E-state index in [1.165, 1.54) is 15.2 Å². The molecule has 1 aromatic heterocycles.